The highest BCUT2D eigenvalue weighted by Gasteiger charge is 2.25. The number of hydrogen-bond donors (Lipinski definition) is 1. The van der Waals surface area contributed by atoms with Gasteiger partial charge in [0.2, 0.25) is 0 Å². The zero-order valence-corrected chi connectivity index (χ0v) is 9.50. The van der Waals surface area contributed by atoms with E-state index in [2.05, 4.69) is 36.5 Å². The average molecular weight is 202 g/mol. The first kappa shape index (κ1) is 10.7. The Hall–Kier alpha value is -0.820. The molecule has 0 aliphatic heterocycles. The van der Waals surface area contributed by atoms with Crippen LogP contribution in [0.1, 0.15) is 44.2 Å². The van der Waals surface area contributed by atoms with Gasteiger partial charge in [0.1, 0.15) is 0 Å². The van der Waals surface area contributed by atoms with Crippen molar-refractivity contribution in [2.24, 2.45) is 5.92 Å². The lowest BCUT2D eigenvalue weighted by Crippen LogP contribution is -2.22. The molecule has 0 saturated heterocycles. The first-order chi connectivity index (χ1) is 7.40. The molecule has 1 aliphatic carbocycles. The summed E-state index contributed by atoms with van der Waals surface area (Å²) in [4.78, 5) is 0. The van der Waals surface area contributed by atoms with Gasteiger partial charge in [0.05, 0.1) is 0 Å². The van der Waals surface area contributed by atoms with Gasteiger partial charge in [-0.25, -0.2) is 0 Å². The Labute approximate surface area is 92.9 Å². The lowest BCUT2D eigenvalue weighted by atomic mass is 10.0. The number of benzene rings is 1. The van der Waals surface area contributed by atoms with Gasteiger partial charge in [-0.05, 0) is 43.0 Å². The fraction of sp³-hybridized carbons (Fsp3) is 0.571. The second-order valence-corrected chi connectivity index (χ2v) is 4.52. The van der Waals surface area contributed by atoms with Crippen LogP contribution in [0.4, 0.5) is 0 Å². The Kier molecular flexibility index (Phi) is 3.79. The third kappa shape index (κ3) is 3.35. The Morgan fingerprint density at radius 1 is 1.53 bits per heavy atom. The first-order valence-corrected chi connectivity index (χ1v) is 6.09. The van der Waals surface area contributed by atoms with Gasteiger partial charge in [-0.3, -0.25) is 0 Å². The first-order valence-electron chi connectivity index (χ1n) is 6.09. The molecule has 0 bridgehead atoms. The van der Waals surface area contributed by atoms with Crippen molar-refractivity contribution in [1.29, 1.82) is 0 Å². The fourth-order valence-corrected chi connectivity index (χ4v) is 1.97. The second kappa shape index (κ2) is 5.32. The summed E-state index contributed by atoms with van der Waals surface area (Å²) < 4.78 is 0. The largest absolute Gasteiger partial charge is 0.310 e. The van der Waals surface area contributed by atoms with Gasteiger partial charge >= 0.3 is 0 Å². The van der Waals surface area contributed by atoms with Crippen LogP contribution in [0.5, 0.6) is 0 Å². The van der Waals surface area contributed by atoms with E-state index in [-0.39, 0.29) is 0 Å². The summed E-state index contributed by atoms with van der Waals surface area (Å²) in [6.45, 7) is 3.34. The highest BCUT2D eigenvalue weighted by molar-refractivity contribution is 5.18. The summed E-state index contributed by atoms with van der Waals surface area (Å²) in [5.41, 5.74) is 1.40. The molecule has 1 radical (unpaired) electrons. The summed E-state index contributed by atoms with van der Waals surface area (Å²) in [5.74, 6) is 0.972. The normalized spacial score (nSPS) is 17.7. The van der Waals surface area contributed by atoms with Gasteiger partial charge in [0, 0.05) is 6.04 Å². The lowest BCUT2D eigenvalue weighted by Gasteiger charge is -2.18. The van der Waals surface area contributed by atoms with E-state index >= 15 is 0 Å². The van der Waals surface area contributed by atoms with Gasteiger partial charge in [0.15, 0.2) is 0 Å². The van der Waals surface area contributed by atoms with E-state index in [0.29, 0.717) is 6.04 Å². The number of hydrogen-bond acceptors (Lipinski definition) is 1. The minimum Gasteiger partial charge on any atom is -0.310 e. The lowest BCUT2D eigenvalue weighted by molar-refractivity contribution is 0.474. The zero-order chi connectivity index (χ0) is 10.5. The maximum absolute atomic E-state index is 3.64. The van der Waals surface area contributed by atoms with Crippen LogP contribution in [-0.4, -0.2) is 6.54 Å². The van der Waals surface area contributed by atoms with Crippen molar-refractivity contribution in [1.82, 2.24) is 5.32 Å². The SMILES string of the molecule is CCCNC(CC1CC1)c1c[c]ccc1. The van der Waals surface area contributed by atoms with Crippen LogP contribution in [0.2, 0.25) is 0 Å². The van der Waals surface area contributed by atoms with Crippen LogP contribution in [0.3, 0.4) is 0 Å². The Bertz CT molecular complexity index is 277. The molecule has 1 fully saturated rings. The minimum absolute atomic E-state index is 0.551. The van der Waals surface area contributed by atoms with Crippen molar-refractivity contribution in [2.75, 3.05) is 6.54 Å². The predicted molar refractivity (Wildman–Crippen MR) is 63.7 cm³/mol. The monoisotopic (exact) mass is 202 g/mol. The molecule has 1 N–H and O–H groups in total. The van der Waals surface area contributed by atoms with Crippen molar-refractivity contribution in [3.8, 4) is 0 Å². The summed E-state index contributed by atoms with van der Waals surface area (Å²) in [5, 5.41) is 3.64. The molecule has 1 aromatic rings. The molecule has 2 rings (SSSR count). The maximum Gasteiger partial charge on any atom is 0.0323 e. The van der Waals surface area contributed by atoms with Crippen molar-refractivity contribution in [3.05, 3.63) is 35.9 Å². The van der Waals surface area contributed by atoms with Gasteiger partial charge < -0.3 is 5.32 Å². The third-order valence-corrected chi connectivity index (χ3v) is 3.04. The Morgan fingerprint density at radius 2 is 2.40 bits per heavy atom. The molecule has 81 valence electrons. The Morgan fingerprint density at radius 3 is 3.00 bits per heavy atom. The zero-order valence-electron chi connectivity index (χ0n) is 9.50. The highest BCUT2D eigenvalue weighted by Crippen LogP contribution is 2.37. The van der Waals surface area contributed by atoms with Crippen LogP contribution in [0.25, 0.3) is 0 Å². The smallest absolute Gasteiger partial charge is 0.0323 e. The molecule has 1 nitrogen and oxygen atoms in total. The van der Waals surface area contributed by atoms with E-state index in [4.69, 9.17) is 0 Å². The van der Waals surface area contributed by atoms with Gasteiger partial charge in [0.25, 0.3) is 0 Å². The average Bonchev–Trinajstić information content (AvgIpc) is 3.09. The molecule has 1 unspecified atom stereocenters. The van der Waals surface area contributed by atoms with Crippen LogP contribution in [0, 0.1) is 12.0 Å². The number of rotatable bonds is 6. The van der Waals surface area contributed by atoms with E-state index in [0.717, 1.165) is 12.5 Å². The van der Waals surface area contributed by atoms with Gasteiger partial charge in [-0.15, -0.1) is 0 Å². The molecular formula is C14H20N. The molecular weight excluding hydrogens is 182 g/mol. The fourth-order valence-electron chi connectivity index (χ4n) is 1.97. The summed E-state index contributed by atoms with van der Waals surface area (Å²) in [6, 6.07) is 12.1. The summed E-state index contributed by atoms with van der Waals surface area (Å²) in [6.07, 6.45) is 5.37. The third-order valence-electron chi connectivity index (χ3n) is 3.04. The molecule has 0 heterocycles. The van der Waals surface area contributed by atoms with E-state index in [9.17, 15) is 0 Å². The van der Waals surface area contributed by atoms with Crippen molar-refractivity contribution in [3.63, 3.8) is 0 Å². The predicted octanol–water partition coefficient (Wildman–Crippen LogP) is 3.33. The highest BCUT2D eigenvalue weighted by atomic mass is 14.9. The maximum atomic E-state index is 3.64. The van der Waals surface area contributed by atoms with E-state index in [1.807, 2.05) is 6.07 Å². The molecule has 1 saturated carbocycles. The summed E-state index contributed by atoms with van der Waals surface area (Å²) in [7, 11) is 0. The molecule has 0 amide bonds. The minimum atomic E-state index is 0.551. The molecule has 1 aromatic carbocycles. The quantitative estimate of drug-likeness (QED) is 0.746. The molecule has 15 heavy (non-hydrogen) atoms. The molecule has 0 aromatic heterocycles. The van der Waals surface area contributed by atoms with Crippen molar-refractivity contribution in [2.45, 2.75) is 38.6 Å². The van der Waals surface area contributed by atoms with Crippen LogP contribution >= 0.6 is 0 Å². The van der Waals surface area contributed by atoms with Gasteiger partial charge in [-0.2, -0.15) is 0 Å². The topological polar surface area (TPSA) is 12.0 Å². The second-order valence-electron chi connectivity index (χ2n) is 4.52. The van der Waals surface area contributed by atoms with E-state index in [1.54, 1.807) is 0 Å². The van der Waals surface area contributed by atoms with Crippen molar-refractivity contribution >= 4 is 0 Å². The molecule has 1 aliphatic rings. The molecule has 1 atom stereocenters. The standard InChI is InChI=1S/C14H20N/c1-2-10-15-14(11-12-8-9-12)13-6-4-3-5-7-13/h3-4,6-7,12,14-15H,2,8-11H2,1H3. The summed E-state index contributed by atoms with van der Waals surface area (Å²) >= 11 is 0. The van der Waals surface area contributed by atoms with Crippen LogP contribution < -0.4 is 5.32 Å². The van der Waals surface area contributed by atoms with Crippen LogP contribution in [0.15, 0.2) is 24.3 Å². The van der Waals surface area contributed by atoms with Crippen molar-refractivity contribution < 1.29 is 0 Å². The molecule has 0 spiro atoms. The van der Waals surface area contributed by atoms with E-state index < -0.39 is 0 Å². The number of nitrogens with one attached hydrogen (secondary N) is 1. The van der Waals surface area contributed by atoms with E-state index in [1.165, 1.54) is 31.2 Å². The van der Waals surface area contributed by atoms with Crippen LogP contribution in [-0.2, 0) is 0 Å². The Balaban J connectivity index is 1.96. The van der Waals surface area contributed by atoms with Gasteiger partial charge in [-0.1, -0.05) is 38.0 Å². The molecule has 1 heteroatoms.